The molecule has 1 atom stereocenters. The normalized spacial score (nSPS) is 15.8. The zero-order valence-electron chi connectivity index (χ0n) is 5.77. The fraction of sp³-hybridized carbons (Fsp3) is 0.143. The Morgan fingerprint density at radius 2 is 1.91 bits per heavy atom. The van der Waals surface area contributed by atoms with Gasteiger partial charge in [-0.25, -0.2) is 0 Å². The molecule has 60 valence electrons. The summed E-state index contributed by atoms with van der Waals surface area (Å²) < 4.78 is 10.9. The van der Waals surface area contributed by atoms with Crippen molar-refractivity contribution in [1.82, 2.24) is 0 Å². The zero-order valence-corrected chi connectivity index (χ0v) is 8.25. The number of hydrogen-bond donors (Lipinski definition) is 1. The van der Waals surface area contributed by atoms with Gasteiger partial charge >= 0.3 is 0 Å². The van der Waals surface area contributed by atoms with Crippen LogP contribution in [0.25, 0.3) is 0 Å². The Balaban J connectivity index is 2.74. The van der Waals surface area contributed by atoms with Gasteiger partial charge in [-0.3, -0.25) is 4.57 Å². The van der Waals surface area contributed by atoms with Gasteiger partial charge in [0.1, 0.15) is 0 Å². The average molecular weight is 235 g/mol. The summed E-state index contributed by atoms with van der Waals surface area (Å²) in [6.07, 6.45) is -2.89. The van der Waals surface area contributed by atoms with Crippen LogP contribution < -0.4 is 0 Å². The van der Waals surface area contributed by atoms with Gasteiger partial charge < -0.3 is 4.89 Å². The first-order valence-electron chi connectivity index (χ1n) is 3.13. The Kier molecular flexibility index (Phi) is 2.88. The molecule has 2 nitrogen and oxygen atoms in total. The van der Waals surface area contributed by atoms with E-state index in [1.165, 1.54) is 0 Å². The highest BCUT2D eigenvalue weighted by Gasteiger charge is 2.12. The third-order valence-corrected chi connectivity index (χ3v) is 2.73. The van der Waals surface area contributed by atoms with E-state index in [-0.39, 0.29) is 6.16 Å². The molecular formula is C7H8BrO2P. The first-order chi connectivity index (χ1) is 5.08. The van der Waals surface area contributed by atoms with E-state index in [1.54, 1.807) is 0 Å². The van der Waals surface area contributed by atoms with Crippen molar-refractivity contribution in [3.05, 3.63) is 35.9 Å². The van der Waals surface area contributed by atoms with Crippen molar-refractivity contribution in [3.8, 4) is 0 Å². The predicted molar refractivity (Wildman–Crippen MR) is 48.9 cm³/mol. The van der Waals surface area contributed by atoms with Crippen LogP contribution in [0.1, 0.15) is 5.56 Å². The van der Waals surface area contributed by atoms with Gasteiger partial charge in [0.25, 0.3) is 6.07 Å². The molecule has 1 aromatic rings. The fourth-order valence-corrected chi connectivity index (χ4v) is 2.34. The van der Waals surface area contributed by atoms with Crippen LogP contribution in [0.4, 0.5) is 0 Å². The van der Waals surface area contributed by atoms with Gasteiger partial charge in [0.05, 0.1) is 6.16 Å². The minimum absolute atomic E-state index is 0.188. The quantitative estimate of drug-likeness (QED) is 0.800. The second-order valence-electron chi connectivity index (χ2n) is 2.26. The number of halogens is 1. The molecule has 1 aromatic carbocycles. The monoisotopic (exact) mass is 234 g/mol. The smallest absolute Gasteiger partial charge is 0.267 e. The van der Waals surface area contributed by atoms with Crippen LogP contribution in [-0.4, -0.2) is 4.89 Å². The summed E-state index contributed by atoms with van der Waals surface area (Å²) in [5, 5.41) is 0. The lowest BCUT2D eigenvalue weighted by atomic mass is 10.2. The molecule has 0 saturated heterocycles. The van der Waals surface area contributed by atoms with Crippen molar-refractivity contribution in [3.63, 3.8) is 0 Å². The average Bonchev–Trinajstić information content (AvgIpc) is 1.85. The van der Waals surface area contributed by atoms with E-state index in [9.17, 15) is 4.57 Å². The van der Waals surface area contributed by atoms with Gasteiger partial charge in [-0.15, -0.1) is 0 Å². The van der Waals surface area contributed by atoms with Crippen molar-refractivity contribution < 1.29 is 9.46 Å². The van der Waals surface area contributed by atoms with Crippen LogP contribution in [0.3, 0.4) is 0 Å². The molecule has 0 amide bonds. The molecule has 1 unspecified atom stereocenters. The summed E-state index contributed by atoms with van der Waals surface area (Å²) in [5.74, 6) is 0. The van der Waals surface area contributed by atoms with E-state index >= 15 is 0 Å². The Labute approximate surface area is 73.4 Å². The van der Waals surface area contributed by atoms with Crippen LogP contribution in [-0.2, 0) is 10.7 Å². The summed E-state index contributed by atoms with van der Waals surface area (Å²) in [4.78, 5) is 8.94. The minimum atomic E-state index is -3.08. The molecule has 0 saturated carbocycles. The van der Waals surface area contributed by atoms with E-state index < -0.39 is 6.07 Å². The Bertz CT molecular complexity index is 267. The van der Waals surface area contributed by atoms with Crippen LogP contribution >= 0.6 is 21.6 Å². The number of hydrogen-bond acceptors (Lipinski definition) is 1. The molecule has 0 fully saturated rings. The van der Waals surface area contributed by atoms with Crippen molar-refractivity contribution >= 4 is 21.6 Å². The van der Waals surface area contributed by atoms with E-state index in [0.29, 0.717) is 0 Å². The lowest BCUT2D eigenvalue weighted by molar-refractivity contribution is 0.497. The van der Waals surface area contributed by atoms with E-state index in [0.717, 1.165) is 5.56 Å². The molecule has 0 aromatic heterocycles. The molecule has 0 heterocycles. The van der Waals surface area contributed by atoms with Crippen molar-refractivity contribution in [2.45, 2.75) is 6.16 Å². The molecule has 0 aliphatic heterocycles. The molecular weight excluding hydrogens is 227 g/mol. The number of benzene rings is 1. The maximum atomic E-state index is 10.9. The standard InChI is InChI=1S/C7H8BrO2P/c8-11(9,10)6-7-4-2-1-3-5-7/h1-5H,6H2,(H,9,10). The predicted octanol–water partition coefficient (Wildman–Crippen LogP) is 2.77. The van der Waals surface area contributed by atoms with Crippen molar-refractivity contribution in [2.75, 3.05) is 0 Å². The summed E-state index contributed by atoms with van der Waals surface area (Å²) in [5.41, 5.74) is 0.871. The lowest BCUT2D eigenvalue weighted by Crippen LogP contribution is -1.80. The van der Waals surface area contributed by atoms with Gasteiger partial charge in [0.15, 0.2) is 0 Å². The Hall–Kier alpha value is -0.110. The highest BCUT2D eigenvalue weighted by molar-refractivity contribution is 9.39. The highest BCUT2D eigenvalue weighted by Crippen LogP contribution is 2.52. The molecule has 1 rings (SSSR count). The molecule has 0 aliphatic carbocycles. The molecule has 0 radical (unpaired) electrons. The summed E-state index contributed by atoms with van der Waals surface area (Å²) in [6, 6.07) is 9.21. The third-order valence-electron chi connectivity index (χ3n) is 1.22. The summed E-state index contributed by atoms with van der Waals surface area (Å²) >= 11 is 2.73. The zero-order chi connectivity index (χ0) is 8.32. The molecule has 4 heteroatoms. The Morgan fingerprint density at radius 3 is 2.36 bits per heavy atom. The van der Waals surface area contributed by atoms with E-state index in [4.69, 9.17) is 4.89 Å². The molecule has 0 aliphatic rings. The van der Waals surface area contributed by atoms with Gasteiger partial charge in [0, 0.05) is 15.5 Å². The highest BCUT2D eigenvalue weighted by atomic mass is 79.9. The second kappa shape index (κ2) is 3.53. The lowest BCUT2D eigenvalue weighted by Gasteiger charge is -2.01. The Morgan fingerprint density at radius 1 is 1.36 bits per heavy atom. The number of rotatable bonds is 2. The maximum Gasteiger partial charge on any atom is 0.267 e. The minimum Gasteiger partial charge on any atom is -0.336 e. The van der Waals surface area contributed by atoms with Gasteiger partial charge in [-0.2, -0.15) is 0 Å². The summed E-state index contributed by atoms with van der Waals surface area (Å²) in [7, 11) is 0. The maximum absolute atomic E-state index is 10.9. The van der Waals surface area contributed by atoms with Crippen LogP contribution in [0, 0.1) is 0 Å². The summed E-state index contributed by atoms with van der Waals surface area (Å²) in [6.45, 7) is 0. The topological polar surface area (TPSA) is 37.3 Å². The molecule has 1 N–H and O–H groups in total. The first-order valence-corrected chi connectivity index (χ1v) is 7.00. The van der Waals surface area contributed by atoms with Crippen LogP contribution in [0.15, 0.2) is 30.3 Å². The molecule has 0 spiro atoms. The first kappa shape index (κ1) is 8.98. The van der Waals surface area contributed by atoms with Gasteiger partial charge in [-0.1, -0.05) is 30.3 Å². The second-order valence-corrected chi connectivity index (χ2v) is 7.13. The van der Waals surface area contributed by atoms with E-state index in [2.05, 4.69) is 15.5 Å². The van der Waals surface area contributed by atoms with Crippen LogP contribution in [0.2, 0.25) is 0 Å². The van der Waals surface area contributed by atoms with Crippen molar-refractivity contribution in [2.24, 2.45) is 0 Å². The largest absolute Gasteiger partial charge is 0.336 e. The molecule has 0 bridgehead atoms. The van der Waals surface area contributed by atoms with Gasteiger partial charge in [0.2, 0.25) is 0 Å². The third kappa shape index (κ3) is 3.71. The SMILES string of the molecule is O=P(O)(Br)Cc1ccccc1. The fourth-order valence-electron chi connectivity index (χ4n) is 0.809. The molecule has 11 heavy (non-hydrogen) atoms. The van der Waals surface area contributed by atoms with Gasteiger partial charge in [-0.05, 0) is 5.56 Å². The van der Waals surface area contributed by atoms with Crippen LogP contribution in [0.5, 0.6) is 0 Å². The van der Waals surface area contributed by atoms with Crippen molar-refractivity contribution in [1.29, 1.82) is 0 Å². The van der Waals surface area contributed by atoms with E-state index in [1.807, 2.05) is 30.3 Å².